The average molecular weight is 401 g/mol. The van der Waals surface area contributed by atoms with Crippen molar-refractivity contribution in [2.75, 3.05) is 18.8 Å². The molecule has 2 amide bonds. The van der Waals surface area contributed by atoms with Gasteiger partial charge in [0.25, 0.3) is 0 Å². The van der Waals surface area contributed by atoms with Crippen molar-refractivity contribution in [1.29, 1.82) is 0 Å². The van der Waals surface area contributed by atoms with Gasteiger partial charge in [0, 0.05) is 11.3 Å². The maximum atomic E-state index is 12.9. The Morgan fingerprint density at radius 1 is 0.889 bits per heavy atom. The molecule has 0 bridgehead atoms. The summed E-state index contributed by atoms with van der Waals surface area (Å²) >= 11 is 1.75. The zero-order chi connectivity index (χ0) is 20.5. The molecule has 0 rings (SSSR count). The maximum absolute atomic E-state index is 12.9. The van der Waals surface area contributed by atoms with Gasteiger partial charge < -0.3 is 5.32 Å². The van der Waals surface area contributed by atoms with Gasteiger partial charge in [-0.1, -0.05) is 59.3 Å². The molecule has 0 aromatic rings. The number of thioether (sulfide) groups is 1. The van der Waals surface area contributed by atoms with Gasteiger partial charge in [0.2, 0.25) is 0 Å². The van der Waals surface area contributed by atoms with Crippen molar-refractivity contribution in [1.82, 2.24) is 10.2 Å². The van der Waals surface area contributed by atoms with Crippen LogP contribution in [0.25, 0.3) is 0 Å². The molecule has 0 aromatic heterocycles. The molecule has 0 unspecified atom stereocenters. The normalized spacial score (nSPS) is 12.3. The summed E-state index contributed by atoms with van der Waals surface area (Å²) in [5, 5.41) is 4.16. The van der Waals surface area contributed by atoms with E-state index in [4.69, 9.17) is 0 Å². The summed E-state index contributed by atoms with van der Waals surface area (Å²) in [4.78, 5) is 18.4. The molecule has 5 heteroatoms. The Balaban J connectivity index is 4.90. The lowest BCUT2D eigenvalue weighted by Crippen LogP contribution is -2.76. The van der Waals surface area contributed by atoms with Crippen LogP contribution in [0, 0.1) is 0 Å². The van der Waals surface area contributed by atoms with Gasteiger partial charge in [-0.15, -0.1) is 0 Å². The number of nitrogens with zero attached hydrogens (tertiary/aromatic N) is 1. The fourth-order valence-electron chi connectivity index (χ4n) is 2.84. The first-order valence-corrected chi connectivity index (χ1v) is 12.2. The van der Waals surface area contributed by atoms with Crippen LogP contribution in [-0.2, 0) is 0 Å². The molecule has 27 heavy (non-hydrogen) atoms. The Hall–Kier alpha value is -0.710. The summed E-state index contributed by atoms with van der Waals surface area (Å²) in [5.74, 6) is 0.966. The van der Waals surface area contributed by atoms with E-state index in [-0.39, 0.29) is 11.6 Å². The molecule has 0 saturated carbocycles. The number of nitrogens with one attached hydrogen (secondary N) is 2. The minimum absolute atomic E-state index is 0.0208. The molecule has 0 saturated heterocycles. The van der Waals surface area contributed by atoms with Gasteiger partial charge in [-0.05, 0) is 58.2 Å². The Morgan fingerprint density at radius 3 is 1.96 bits per heavy atom. The Bertz CT molecular complexity index is 405. The minimum atomic E-state index is -0.223. The van der Waals surface area contributed by atoms with Crippen molar-refractivity contribution < 1.29 is 9.79 Å². The van der Waals surface area contributed by atoms with Gasteiger partial charge in [-0.25, -0.2) is 4.79 Å². The molecular formula is C22H46N3OS+. The lowest BCUT2D eigenvalue weighted by Gasteiger charge is -2.24. The fraction of sp³-hybridized carbons (Fsp3) is 0.909. The average Bonchev–Trinajstić information content (AvgIpc) is 2.59. The number of hydrogen-bond acceptors (Lipinski definition) is 2. The Labute approximate surface area is 173 Å². The molecule has 0 spiro atoms. The highest BCUT2D eigenvalue weighted by atomic mass is 32.2. The van der Waals surface area contributed by atoms with Crippen LogP contribution in [-0.4, -0.2) is 40.5 Å². The van der Waals surface area contributed by atoms with Crippen molar-refractivity contribution in [3.05, 3.63) is 0 Å². The first-order chi connectivity index (χ1) is 12.9. The van der Waals surface area contributed by atoms with E-state index < -0.39 is 0 Å². The number of unbranched alkanes of at least 4 members (excludes halogenated alkanes) is 8. The molecule has 0 fully saturated rings. The molecule has 0 aromatic carbocycles. The van der Waals surface area contributed by atoms with E-state index in [0.29, 0.717) is 0 Å². The van der Waals surface area contributed by atoms with Gasteiger partial charge >= 0.3 is 11.2 Å². The summed E-state index contributed by atoms with van der Waals surface area (Å²) in [6.07, 6.45) is 12.4. The van der Waals surface area contributed by atoms with Crippen molar-refractivity contribution in [2.45, 2.75) is 111 Å². The second-order valence-corrected chi connectivity index (χ2v) is 9.58. The third-order valence-electron chi connectivity index (χ3n) is 4.30. The van der Waals surface area contributed by atoms with Gasteiger partial charge in [0.05, 0.1) is 13.1 Å². The predicted molar refractivity (Wildman–Crippen MR) is 121 cm³/mol. The summed E-state index contributed by atoms with van der Waals surface area (Å²) < 4.78 is 0. The summed E-state index contributed by atoms with van der Waals surface area (Å²) in [5.41, 5.74) is -0.223. The van der Waals surface area contributed by atoms with E-state index in [1.54, 1.807) is 11.8 Å². The van der Waals surface area contributed by atoms with Gasteiger partial charge in [0.15, 0.2) is 0 Å². The number of carbonyl (C=O) groups is 1. The molecule has 2 N–H and O–H groups in total. The van der Waals surface area contributed by atoms with E-state index in [9.17, 15) is 4.79 Å². The van der Waals surface area contributed by atoms with Gasteiger partial charge in [0.1, 0.15) is 0 Å². The molecule has 0 radical (unpaired) electrons. The van der Waals surface area contributed by atoms with Crippen LogP contribution in [0.1, 0.15) is 106 Å². The second kappa shape index (κ2) is 16.3. The van der Waals surface area contributed by atoms with E-state index in [2.05, 4.69) is 31.1 Å². The standard InChI is InChI=1S/C22H45N3OS/c1-7-10-12-14-16-18-23-21(27-9-3)25(19-17-15-13-11-8-2)20(26)24-22(4,5)6/h7-19H2,1-6H3,(H,24,26)/p+1. The second-order valence-electron chi connectivity index (χ2n) is 8.33. The number of hydrogen-bond donors (Lipinski definition) is 2. The monoisotopic (exact) mass is 400 g/mol. The van der Waals surface area contributed by atoms with Crippen LogP contribution < -0.4 is 10.3 Å². The first kappa shape index (κ1) is 26.3. The highest BCUT2D eigenvalue weighted by Crippen LogP contribution is 2.11. The number of carbonyl (C=O) groups excluding carboxylic acids is 1. The lowest BCUT2D eigenvalue weighted by molar-refractivity contribution is -0.459. The van der Waals surface area contributed by atoms with Crippen molar-refractivity contribution in [2.24, 2.45) is 0 Å². The molecule has 0 atom stereocenters. The first-order valence-electron chi connectivity index (χ1n) is 11.2. The van der Waals surface area contributed by atoms with Crippen LogP contribution in [0.4, 0.5) is 4.79 Å². The fourth-order valence-corrected chi connectivity index (χ4v) is 3.65. The predicted octanol–water partition coefficient (Wildman–Crippen LogP) is 4.93. The van der Waals surface area contributed by atoms with Crippen LogP contribution in [0.5, 0.6) is 0 Å². The highest BCUT2D eigenvalue weighted by molar-refractivity contribution is 8.13. The lowest BCUT2D eigenvalue weighted by atomic mass is 10.1. The molecule has 0 aliphatic carbocycles. The van der Waals surface area contributed by atoms with Crippen LogP contribution >= 0.6 is 11.8 Å². The molecule has 0 aliphatic rings. The van der Waals surface area contributed by atoms with Crippen LogP contribution in [0.3, 0.4) is 0 Å². The number of urea groups is 1. The third-order valence-corrected chi connectivity index (χ3v) is 5.22. The van der Waals surface area contributed by atoms with Gasteiger partial charge in [-0.3, -0.25) is 4.99 Å². The summed E-state index contributed by atoms with van der Waals surface area (Å²) in [6.45, 7) is 14.5. The van der Waals surface area contributed by atoms with Crippen LogP contribution in [0.2, 0.25) is 0 Å². The topological polar surface area (TPSA) is 46.3 Å². The van der Waals surface area contributed by atoms with E-state index in [0.717, 1.165) is 30.4 Å². The van der Waals surface area contributed by atoms with Crippen molar-refractivity contribution in [3.8, 4) is 0 Å². The Morgan fingerprint density at radius 2 is 1.44 bits per heavy atom. The summed E-state index contributed by atoms with van der Waals surface area (Å²) in [7, 11) is 0. The number of amidine groups is 1. The van der Waals surface area contributed by atoms with Crippen LogP contribution in [0.15, 0.2) is 0 Å². The van der Waals surface area contributed by atoms with E-state index >= 15 is 0 Å². The molecule has 0 heterocycles. The molecule has 4 nitrogen and oxygen atoms in total. The number of rotatable bonds is 13. The maximum Gasteiger partial charge on any atom is 0.409 e. The quantitative estimate of drug-likeness (QED) is 0.262. The van der Waals surface area contributed by atoms with E-state index in [1.807, 2.05) is 25.7 Å². The zero-order valence-electron chi connectivity index (χ0n) is 19.0. The minimum Gasteiger partial charge on any atom is -0.313 e. The van der Waals surface area contributed by atoms with Gasteiger partial charge in [-0.2, -0.15) is 4.90 Å². The highest BCUT2D eigenvalue weighted by Gasteiger charge is 2.30. The van der Waals surface area contributed by atoms with Crippen molar-refractivity contribution in [3.63, 3.8) is 0 Å². The molecular weight excluding hydrogens is 354 g/mol. The van der Waals surface area contributed by atoms with Crippen molar-refractivity contribution >= 4 is 23.0 Å². The Kier molecular flexibility index (Phi) is 15.8. The molecule has 160 valence electrons. The largest absolute Gasteiger partial charge is 0.409 e. The molecule has 0 aliphatic heterocycles. The van der Waals surface area contributed by atoms with E-state index in [1.165, 1.54) is 57.8 Å². The SMILES string of the molecule is CCCCCCC[NH+]=C(SCC)N(CCCCCCC)C(=O)NC(C)(C)C. The third kappa shape index (κ3) is 15.0. The zero-order valence-corrected chi connectivity index (χ0v) is 19.8. The summed E-state index contributed by atoms with van der Waals surface area (Å²) in [6, 6.07) is 0.0208. The number of amides is 2. The smallest absolute Gasteiger partial charge is 0.313 e.